The maximum atomic E-state index is 12.3. The fourth-order valence-corrected chi connectivity index (χ4v) is 2.58. The summed E-state index contributed by atoms with van der Waals surface area (Å²) >= 11 is 0. The topological polar surface area (TPSA) is 78.5 Å². The predicted octanol–water partition coefficient (Wildman–Crippen LogP) is 2.25. The molecule has 0 fully saturated rings. The van der Waals surface area contributed by atoms with E-state index in [2.05, 4.69) is 10.1 Å². The third-order valence-corrected chi connectivity index (χ3v) is 3.74. The number of carboxylic acids is 1. The molecular formula is C16H15F3NO4-. The molecular weight excluding hydrogens is 327 g/mol. The van der Waals surface area contributed by atoms with Crippen LogP contribution >= 0.6 is 0 Å². The van der Waals surface area contributed by atoms with Crippen LogP contribution in [0.3, 0.4) is 0 Å². The molecule has 0 spiro atoms. The molecule has 0 heterocycles. The Labute approximate surface area is 136 Å². The summed E-state index contributed by atoms with van der Waals surface area (Å²) in [5.41, 5.74) is 1.15. The van der Waals surface area contributed by atoms with Crippen molar-refractivity contribution < 1.29 is 32.6 Å². The van der Waals surface area contributed by atoms with Crippen molar-refractivity contribution in [2.24, 2.45) is 11.8 Å². The average Bonchev–Trinajstić information content (AvgIpc) is 2.47. The number of nitrogens with one attached hydrogen (secondary N) is 1. The number of hydrogen-bond donors (Lipinski definition) is 1. The molecule has 0 saturated heterocycles. The summed E-state index contributed by atoms with van der Waals surface area (Å²) in [6.45, 7) is 1.80. The van der Waals surface area contributed by atoms with E-state index in [-0.39, 0.29) is 12.1 Å². The Morgan fingerprint density at radius 3 is 2.38 bits per heavy atom. The van der Waals surface area contributed by atoms with Crippen molar-refractivity contribution in [3.8, 4) is 5.75 Å². The van der Waals surface area contributed by atoms with Gasteiger partial charge >= 0.3 is 6.36 Å². The third kappa shape index (κ3) is 4.74. The van der Waals surface area contributed by atoms with E-state index >= 15 is 0 Å². The highest BCUT2D eigenvalue weighted by Crippen LogP contribution is 2.31. The second-order valence-corrected chi connectivity index (χ2v) is 5.58. The minimum Gasteiger partial charge on any atom is -0.550 e. The van der Waals surface area contributed by atoms with Crippen molar-refractivity contribution in [2.75, 3.05) is 5.32 Å². The molecule has 0 unspecified atom stereocenters. The number of rotatable bonds is 4. The number of alkyl halides is 3. The average molecular weight is 342 g/mol. The van der Waals surface area contributed by atoms with Gasteiger partial charge in [-0.05, 0) is 44.0 Å². The van der Waals surface area contributed by atoms with Gasteiger partial charge in [0.25, 0.3) is 0 Å². The predicted molar refractivity (Wildman–Crippen MR) is 76.7 cm³/mol. The van der Waals surface area contributed by atoms with Crippen LogP contribution in [0, 0.1) is 11.8 Å². The van der Waals surface area contributed by atoms with Crippen molar-refractivity contribution in [3.05, 3.63) is 35.9 Å². The van der Waals surface area contributed by atoms with Crippen LogP contribution in [0.4, 0.5) is 18.9 Å². The SMILES string of the molecule is CC1=CC[C@H](C(=O)[O-])[C@H](C(=O)Nc2ccc(OC(F)(F)F)cc2)C1. The zero-order valence-electron chi connectivity index (χ0n) is 12.7. The van der Waals surface area contributed by atoms with Gasteiger partial charge in [-0.15, -0.1) is 13.2 Å². The molecule has 1 aromatic rings. The fraction of sp³-hybridized carbons (Fsp3) is 0.375. The van der Waals surface area contributed by atoms with Gasteiger partial charge in [-0.1, -0.05) is 11.6 Å². The van der Waals surface area contributed by atoms with Crippen LogP contribution in [0.5, 0.6) is 5.75 Å². The van der Waals surface area contributed by atoms with Crippen LogP contribution in [0.25, 0.3) is 0 Å². The zero-order chi connectivity index (χ0) is 17.9. The Kier molecular flexibility index (Phi) is 5.16. The number of benzene rings is 1. The molecule has 1 amide bonds. The van der Waals surface area contributed by atoms with Crippen LogP contribution in [0.1, 0.15) is 19.8 Å². The molecule has 0 bridgehead atoms. The van der Waals surface area contributed by atoms with Crippen LogP contribution in [-0.4, -0.2) is 18.2 Å². The standard InChI is InChI=1S/C16H16F3NO4/c1-9-2-7-12(15(22)23)13(8-9)14(21)20-10-3-5-11(6-4-10)24-16(17,18)19/h2-6,12-13H,7-8H2,1H3,(H,20,21)(H,22,23)/p-1/t12-,13+/m0/s1. The van der Waals surface area contributed by atoms with Gasteiger partial charge < -0.3 is 20.0 Å². The molecule has 1 aromatic carbocycles. The van der Waals surface area contributed by atoms with Crippen molar-refractivity contribution in [3.63, 3.8) is 0 Å². The number of carbonyl (C=O) groups is 2. The van der Waals surface area contributed by atoms with Crippen molar-refractivity contribution >= 4 is 17.6 Å². The van der Waals surface area contributed by atoms with E-state index in [1.165, 1.54) is 12.1 Å². The Balaban J connectivity index is 2.05. The summed E-state index contributed by atoms with van der Waals surface area (Å²) in [5, 5.41) is 13.7. The van der Waals surface area contributed by atoms with E-state index in [1.807, 2.05) is 0 Å². The number of allylic oxidation sites excluding steroid dienone is 2. The van der Waals surface area contributed by atoms with Gasteiger partial charge in [0.05, 0.1) is 5.92 Å². The van der Waals surface area contributed by atoms with E-state index < -0.39 is 35.8 Å². The molecule has 0 aromatic heterocycles. The van der Waals surface area contributed by atoms with Crippen molar-refractivity contribution in [1.82, 2.24) is 0 Å². The van der Waals surface area contributed by atoms with Gasteiger partial charge in [0.1, 0.15) is 5.75 Å². The van der Waals surface area contributed by atoms with Gasteiger partial charge in [0.2, 0.25) is 5.91 Å². The Hall–Kier alpha value is -2.51. The monoisotopic (exact) mass is 342 g/mol. The van der Waals surface area contributed by atoms with Gasteiger partial charge in [0, 0.05) is 17.6 Å². The minimum atomic E-state index is -4.79. The van der Waals surface area contributed by atoms with E-state index in [4.69, 9.17) is 0 Å². The van der Waals surface area contributed by atoms with E-state index in [1.54, 1.807) is 13.0 Å². The van der Waals surface area contributed by atoms with Crippen LogP contribution < -0.4 is 15.2 Å². The van der Waals surface area contributed by atoms with Crippen LogP contribution in [0.2, 0.25) is 0 Å². The molecule has 0 radical (unpaired) electrons. The normalized spacial score (nSPS) is 20.9. The summed E-state index contributed by atoms with van der Waals surface area (Å²) < 4.78 is 40.0. The van der Waals surface area contributed by atoms with Gasteiger partial charge in [0.15, 0.2) is 0 Å². The quantitative estimate of drug-likeness (QED) is 0.851. The highest BCUT2D eigenvalue weighted by molar-refractivity contribution is 5.95. The van der Waals surface area contributed by atoms with Crippen LogP contribution in [0.15, 0.2) is 35.9 Å². The second kappa shape index (κ2) is 6.94. The third-order valence-electron chi connectivity index (χ3n) is 3.74. The molecule has 1 N–H and O–H groups in total. The smallest absolute Gasteiger partial charge is 0.550 e. The number of carbonyl (C=O) groups excluding carboxylic acids is 2. The maximum absolute atomic E-state index is 12.3. The molecule has 2 atom stereocenters. The molecule has 5 nitrogen and oxygen atoms in total. The molecule has 1 aliphatic carbocycles. The number of aliphatic carboxylic acids is 1. The number of halogens is 3. The van der Waals surface area contributed by atoms with E-state index in [0.717, 1.165) is 17.7 Å². The molecule has 1 aliphatic rings. The Bertz CT molecular complexity index is 652. The van der Waals surface area contributed by atoms with Crippen molar-refractivity contribution in [1.29, 1.82) is 0 Å². The molecule has 0 aliphatic heterocycles. The lowest BCUT2D eigenvalue weighted by Crippen LogP contribution is -2.42. The van der Waals surface area contributed by atoms with Crippen LogP contribution in [-0.2, 0) is 9.59 Å². The Morgan fingerprint density at radius 1 is 1.21 bits per heavy atom. The number of amides is 1. The van der Waals surface area contributed by atoms with Gasteiger partial charge in [-0.3, -0.25) is 4.79 Å². The number of carboxylic acid groups (broad SMARTS) is 1. The summed E-state index contributed by atoms with van der Waals surface area (Å²) in [7, 11) is 0. The first kappa shape index (κ1) is 17.8. The Morgan fingerprint density at radius 2 is 1.83 bits per heavy atom. The minimum absolute atomic E-state index is 0.213. The largest absolute Gasteiger partial charge is 0.573 e. The first-order valence-corrected chi connectivity index (χ1v) is 7.19. The highest BCUT2D eigenvalue weighted by atomic mass is 19.4. The molecule has 8 heteroatoms. The molecule has 2 rings (SSSR count). The zero-order valence-corrected chi connectivity index (χ0v) is 12.7. The van der Waals surface area contributed by atoms with Crippen molar-refractivity contribution in [2.45, 2.75) is 26.1 Å². The van der Waals surface area contributed by atoms with Gasteiger partial charge in [-0.2, -0.15) is 0 Å². The first-order valence-electron chi connectivity index (χ1n) is 7.19. The summed E-state index contributed by atoms with van der Waals surface area (Å²) in [6, 6.07) is 4.62. The second-order valence-electron chi connectivity index (χ2n) is 5.58. The lowest BCUT2D eigenvalue weighted by Gasteiger charge is -2.30. The number of ether oxygens (including phenoxy) is 1. The summed E-state index contributed by atoms with van der Waals surface area (Å²) in [4.78, 5) is 23.5. The molecule has 24 heavy (non-hydrogen) atoms. The lowest BCUT2D eigenvalue weighted by atomic mass is 9.79. The molecule has 130 valence electrons. The first-order chi connectivity index (χ1) is 11.2. The highest BCUT2D eigenvalue weighted by Gasteiger charge is 2.32. The lowest BCUT2D eigenvalue weighted by molar-refractivity contribution is -0.313. The maximum Gasteiger partial charge on any atom is 0.573 e. The van der Waals surface area contributed by atoms with E-state index in [9.17, 15) is 27.9 Å². The van der Waals surface area contributed by atoms with E-state index in [0.29, 0.717) is 6.42 Å². The number of anilines is 1. The fourth-order valence-electron chi connectivity index (χ4n) is 2.58. The van der Waals surface area contributed by atoms with Gasteiger partial charge in [-0.25, -0.2) is 0 Å². The summed E-state index contributed by atoms with van der Waals surface area (Å²) in [6.07, 6.45) is -2.53. The molecule has 0 saturated carbocycles. The summed E-state index contributed by atoms with van der Waals surface area (Å²) in [5.74, 6) is -3.94. The number of hydrogen-bond acceptors (Lipinski definition) is 4.